The van der Waals surface area contributed by atoms with E-state index in [9.17, 15) is 4.79 Å². The molecule has 0 radical (unpaired) electrons. The molecule has 6 nitrogen and oxygen atoms in total. The van der Waals surface area contributed by atoms with Gasteiger partial charge in [-0.1, -0.05) is 25.2 Å². The quantitative estimate of drug-likeness (QED) is 0.918. The number of amides is 1. The van der Waals surface area contributed by atoms with Gasteiger partial charge in [0.2, 0.25) is 5.13 Å². The Balaban J connectivity index is 2.04. The summed E-state index contributed by atoms with van der Waals surface area (Å²) in [6, 6.07) is 0. The summed E-state index contributed by atoms with van der Waals surface area (Å²) in [6.45, 7) is 5.91. The molecule has 0 aliphatic rings. The van der Waals surface area contributed by atoms with Crippen LogP contribution in [0.2, 0.25) is 0 Å². The summed E-state index contributed by atoms with van der Waals surface area (Å²) < 4.78 is 4.98. The molecule has 0 unspecified atom stereocenters. The fraction of sp³-hybridized carbons (Fsp3) is 0.455. The Morgan fingerprint density at radius 3 is 2.89 bits per heavy atom. The van der Waals surface area contributed by atoms with Crippen LogP contribution in [0.25, 0.3) is 0 Å². The average Bonchev–Trinajstić information content (AvgIpc) is 2.87. The van der Waals surface area contributed by atoms with Gasteiger partial charge in [-0.2, -0.15) is 0 Å². The van der Waals surface area contributed by atoms with E-state index >= 15 is 0 Å². The number of nitrogens with one attached hydrogen (secondary N) is 1. The molecule has 18 heavy (non-hydrogen) atoms. The van der Waals surface area contributed by atoms with Crippen molar-refractivity contribution in [1.29, 1.82) is 0 Å². The van der Waals surface area contributed by atoms with Crippen molar-refractivity contribution in [1.82, 2.24) is 15.2 Å². The molecule has 0 spiro atoms. The van der Waals surface area contributed by atoms with Crippen molar-refractivity contribution in [2.24, 2.45) is 5.92 Å². The van der Waals surface area contributed by atoms with Crippen molar-refractivity contribution in [2.75, 3.05) is 5.32 Å². The number of carbonyl (C=O) groups excluding carboxylic acids is 1. The van der Waals surface area contributed by atoms with Crippen LogP contribution in [0.5, 0.6) is 0 Å². The maximum absolute atomic E-state index is 11.8. The lowest BCUT2D eigenvalue weighted by Gasteiger charge is -1.98. The first kappa shape index (κ1) is 12.7. The number of carbonyl (C=O) groups is 1. The van der Waals surface area contributed by atoms with Crippen LogP contribution in [0.3, 0.4) is 0 Å². The molecule has 0 atom stereocenters. The number of hydrogen-bond acceptors (Lipinski definition) is 6. The minimum atomic E-state index is -0.325. The minimum absolute atomic E-state index is 0.274. The summed E-state index contributed by atoms with van der Waals surface area (Å²) >= 11 is 1.38. The Morgan fingerprint density at radius 1 is 1.50 bits per heavy atom. The third kappa shape index (κ3) is 2.92. The van der Waals surface area contributed by atoms with Crippen molar-refractivity contribution in [2.45, 2.75) is 27.2 Å². The normalized spacial score (nSPS) is 10.9. The van der Waals surface area contributed by atoms with Gasteiger partial charge in [-0.3, -0.25) is 10.1 Å². The minimum Gasteiger partial charge on any atom is -0.448 e. The lowest BCUT2D eigenvalue weighted by molar-refractivity contribution is 0.102. The van der Waals surface area contributed by atoms with Gasteiger partial charge >= 0.3 is 0 Å². The summed E-state index contributed by atoms with van der Waals surface area (Å²) in [5.74, 6) is 0.673. The average molecular weight is 266 g/mol. The van der Waals surface area contributed by atoms with Crippen molar-refractivity contribution in [3.8, 4) is 0 Å². The number of nitrogens with zero attached hydrogens (tertiary/aromatic N) is 3. The Bertz CT molecular complexity index is 547. The van der Waals surface area contributed by atoms with E-state index in [0.29, 0.717) is 16.8 Å². The second-order valence-electron chi connectivity index (χ2n) is 4.31. The van der Waals surface area contributed by atoms with Gasteiger partial charge < -0.3 is 4.42 Å². The molecule has 2 aromatic rings. The van der Waals surface area contributed by atoms with E-state index in [1.807, 2.05) is 0 Å². The second kappa shape index (κ2) is 5.26. The maximum Gasteiger partial charge on any atom is 0.279 e. The molecule has 0 fully saturated rings. The third-order valence-corrected chi connectivity index (χ3v) is 3.09. The lowest BCUT2D eigenvalue weighted by atomic mass is 10.1. The van der Waals surface area contributed by atoms with Gasteiger partial charge in [0, 0.05) is 6.42 Å². The first-order valence-corrected chi connectivity index (χ1v) is 6.41. The van der Waals surface area contributed by atoms with E-state index in [0.717, 1.165) is 11.4 Å². The highest BCUT2D eigenvalue weighted by Gasteiger charge is 2.15. The molecule has 2 rings (SSSR count). The molecule has 1 N–H and O–H groups in total. The Hall–Kier alpha value is -1.76. The van der Waals surface area contributed by atoms with Crippen LogP contribution in [0.1, 0.15) is 35.1 Å². The molecule has 0 saturated carbocycles. The third-order valence-electron chi connectivity index (χ3n) is 2.23. The molecule has 0 aromatic carbocycles. The molecule has 0 aliphatic carbocycles. The number of anilines is 1. The van der Waals surface area contributed by atoms with Gasteiger partial charge in [0.25, 0.3) is 5.91 Å². The van der Waals surface area contributed by atoms with Crippen molar-refractivity contribution < 1.29 is 9.21 Å². The molecule has 0 saturated heterocycles. The van der Waals surface area contributed by atoms with Crippen LogP contribution >= 0.6 is 11.3 Å². The lowest BCUT2D eigenvalue weighted by Crippen LogP contribution is -2.13. The molecule has 96 valence electrons. The number of hydrogen-bond donors (Lipinski definition) is 1. The fourth-order valence-electron chi connectivity index (χ4n) is 1.42. The molecular weight excluding hydrogens is 252 g/mol. The number of rotatable bonds is 4. The Kier molecular flexibility index (Phi) is 3.71. The van der Waals surface area contributed by atoms with Gasteiger partial charge in [-0.15, -0.1) is 10.2 Å². The molecule has 0 aliphatic heterocycles. The van der Waals surface area contributed by atoms with E-state index in [2.05, 4.69) is 34.3 Å². The van der Waals surface area contributed by atoms with Crippen LogP contribution in [0.4, 0.5) is 5.13 Å². The molecule has 0 bridgehead atoms. The predicted octanol–water partition coefficient (Wildman–Crippen LogP) is 2.29. The number of oxazole rings is 1. The number of aromatic nitrogens is 3. The molecular formula is C11H14N4O2S. The topological polar surface area (TPSA) is 80.9 Å². The zero-order valence-corrected chi connectivity index (χ0v) is 11.2. The zero-order valence-electron chi connectivity index (χ0n) is 10.4. The highest BCUT2D eigenvalue weighted by Crippen LogP contribution is 2.19. The summed E-state index contributed by atoms with van der Waals surface area (Å²) in [7, 11) is 0. The van der Waals surface area contributed by atoms with Gasteiger partial charge in [-0.25, -0.2) is 4.98 Å². The monoisotopic (exact) mass is 266 g/mol. The zero-order chi connectivity index (χ0) is 13.1. The van der Waals surface area contributed by atoms with Gasteiger partial charge in [0.05, 0.1) is 0 Å². The summed E-state index contributed by atoms with van der Waals surface area (Å²) in [5, 5.41) is 12.0. The SMILES string of the molecule is Cc1ocnc1C(=O)Nc1nnc(CC(C)C)s1. The van der Waals surface area contributed by atoms with E-state index in [1.165, 1.54) is 17.7 Å². The van der Waals surface area contributed by atoms with E-state index in [-0.39, 0.29) is 11.6 Å². The van der Waals surface area contributed by atoms with Crippen LogP contribution in [-0.4, -0.2) is 21.1 Å². The first-order valence-electron chi connectivity index (χ1n) is 5.60. The predicted molar refractivity (Wildman–Crippen MR) is 67.6 cm³/mol. The van der Waals surface area contributed by atoms with E-state index in [1.54, 1.807) is 6.92 Å². The largest absolute Gasteiger partial charge is 0.448 e. The molecule has 7 heteroatoms. The van der Waals surface area contributed by atoms with Crippen molar-refractivity contribution in [3.63, 3.8) is 0 Å². The van der Waals surface area contributed by atoms with Crippen LogP contribution in [0.15, 0.2) is 10.8 Å². The standard InChI is InChI=1S/C11H14N4O2S/c1-6(2)4-8-14-15-11(18-8)13-10(16)9-7(3)17-5-12-9/h5-6H,4H2,1-3H3,(H,13,15,16). The number of aryl methyl sites for hydroxylation is 1. The molecule has 1 amide bonds. The summed E-state index contributed by atoms with van der Waals surface area (Å²) in [5.41, 5.74) is 0.274. The highest BCUT2D eigenvalue weighted by atomic mass is 32.1. The van der Waals surface area contributed by atoms with E-state index < -0.39 is 0 Å². The van der Waals surface area contributed by atoms with Gasteiger partial charge in [-0.05, 0) is 12.8 Å². The van der Waals surface area contributed by atoms with Crippen molar-refractivity contribution in [3.05, 3.63) is 22.9 Å². The molecule has 2 heterocycles. The summed E-state index contributed by atoms with van der Waals surface area (Å²) in [4.78, 5) is 15.7. The van der Waals surface area contributed by atoms with Gasteiger partial charge in [0.15, 0.2) is 12.1 Å². The Labute approximate surface area is 108 Å². The highest BCUT2D eigenvalue weighted by molar-refractivity contribution is 7.15. The Morgan fingerprint density at radius 2 is 2.28 bits per heavy atom. The van der Waals surface area contributed by atoms with Crippen LogP contribution in [-0.2, 0) is 6.42 Å². The second-order valence-corrected chi connectivity index (χ2v) is 5.37. The fourth-order valence-corrected chi connectivity index (χ4v) is 2.36. The maximum atomic E-state index is 11.8. The van der Waals surface area contributed by atoms with Crippen LogP contribution < -0.4 is 5.32 Å². The first-order chi connectivity index (χ1) is 8.56. The van der Waals surface area contributed by atoms with Crippen LogP contribution in [0, 0.1) is 12.8 Å². The summed E-state index contributed by atoms with van der Waals surface area (Å²) in [6.07, 6.45) is 2.10. The smallest absolute Gasteiger partial charge is 0.279 e. The van der Waals surface area contributed by atoms with Crippen molar-refractivity contribution >= 4 is 22.4 Å². The van der Waals surface area contributed by atoms with Gasteiger partial charge in [0.1, 0.15) is 10.8 Å². The molecule has 2 aromatic heterocycles. The van der Waals surface area contributed by atoms with E-state index in [4.69, 9.17) is 4.42 Å².